The van der Waals surface area contributed by atoms with Crippen LogP contribution in [0.15, 0.2) is 0 Å². The first-order valence-corrected chi connectivity index (χ1v) is 5.86. The van der Waals surface area contributed by atoms with Gasteiger partial charge in [-0.15, -0.1) is 0 Å². The number of nitrogens with two attached hydrogens (primary N) is 1. The maximum absolute atomic E-state index is 13.4. The average molecular weight is 208 g/mol. The van der Waals surface area contributed by atoms with Gasteiger partial charge in [0.15, 0.2) is 0 Å². The summed E-state index contributed by atoms with van der Waals surface area (Å²) in [5.41, 5.74) is -0.193. The van der Waals surface area contributed by atoms with Crippen LogP contribution in [0.25, 0.3) is 0 Å². The highest BCUT2D eigenvalue weighted by Crippen LogP contribution is 2.55. The zero-order valence-corrected chi connectivity index (χ0v) is 8.06. The van der Waals surface area contributed by atoms with Gasteiger partial charge in [0.2, 0.25) is 0 Å². The Labute approximate surface area is 77.1 Å². The van der Waals surface area contributed by atoms with E-state index in [-0.39, 0.29) is 12.0 Å². The normalized spacial score (nSPS) is 33.5. The van der Waals surface area contributed by atoms with Crippen LogP contribution in [0.2, 0.25) is 0 Å². The summed E-state index contributed by atoms with van der Waals surface area (Å²) < 4.78 is 36.3. The van der Waals surface area contributed by atoms with Crippen molar-refractivity contribution in [3.8, 4) is 0 Å². The molecule has 2 rings (SSSR count). The van der Waals surface area contributed by atoms with E-state index < -0.39 is 16.4 Å². The second-order valence-corrected chi connectivity index (χ2v) is 5.53. The van der Waals surface area contributed by atoms with Crippen molar-refractivity contribution >= 4 is 10.2 Å². The molecular weight excluding hydrogens is 195 g/mol. The Kier molecular flexibility index (Phi) is 1.91. The summed E-state index contributed by atoms with van der Waals surface area (Å²) in [6, 6.07) is 0. The minimum Gasteiger partial charge on any atom is -0.245 e. The SMILES string of the molecule is NS(=O)(=O)N1CCC2(CC2)C(F)C1. The number of alkyl halides is 1. The summed E-state index contributed by atoms with van der Waals surface area (Å²) in [5.74, 6) is 0. The number of rotatable bonds is 1. The van der Waals surface area contributed by atoms with E-state index in [9.17, 15) is 12.8 Å². The summed E-state index contributed by atoms with van der Waals surface area (Å²) in [6.07, 6.45) is 1.38. The van der Waals surface area contributed by atoms with Crippen LogP contribution < -0.4 is 5.14 Å². The van der Waals surface area contributed by atoms with E-state index in [0.717, 1.165) is 17.1 Å². The third kappa shape index (κ3) is 1.58. The van der Waals surface area contributed by atoms with E-state index in [4.69, 9.17) is 5.14 Å². The van der Waals surface area contributed by atoms with Gasteiger partial charge in [0, 0.05) is 18.5 Å². The molecule has 4 nitrogen and oxygen atoms in total. The maximum Gasteiger partial charge on any atom is 0.276 e. The topological polar surface area (TPSA) is 63.4 Å². The first-order valence-electron chi connectivity index (χ1n) is 4.36. The summed E-state index contributed by atoms with van der Waals surface area (Å²) in [7, 11) is -3.69. The molecule has 2 aliphatic rings. The number of halogens is 1. The Bertz CT molecular complexity index is 312. The second-order valence-electron chi connectivity index (χ2n) is 3.98. The number of hydrogen-bond acceptors (Lipinski definition) is 2. The lowest BCUT2D eigenvalue weighted by Crippen LogP contribution is -2.48. The van der Waals surface area contributed by atoms with Crippen molar-refractivity contribution in [1.29, 1.82) is 0 Å². The van der Waals surface area contributed by atoms with E-state index >= 15 is 0 Å². The highest BCUT2D eigenvalue weighted by Gasteiger charge is 2.53. The Morgan fingerprint density at radius 1 is 1.38 bits per heavy atom. The van der Waals surface area contributed by atoms with Gasteiger partial charge >= 0.3 is 0 Å². The molecule has 1 spiro atoms. The smallest absolute Gasteiger partial charge is 0.245 e. The molecule has 13 heavy (non-hydrogen) atoms. The van der Waals surface area contributed by atoms with Crippen molar-refractivity contribution in [1.82, 2.24) is 4.31 Å². The minimum absolute atomic E-state index is 0.0567. The molecule has 1 saturated heterocycles. The minimum atomic E-state index is -3.69. The highest BCUT2D eigenvalue weighted by molar-refractivity contribution is 7.86. The van der Waals surface area contributed by atoms with Crippen molar-refractivity contribution < 1.29 is 12.8 Å². The Hall–Kier alpha value is -0.200. The predicted octanol–water partition coefficient (Wildman–Crippen LogP) is 0.0139. The molecule has 1 unspecified atom stereocenters. The van der Waals surface area contributed by atoms with Crippen molar-refractivity contribution in [2.24, 2.45) is 10.6 Å². The lowest BCUT2D eigenvalue weighted by Gasteiger charge is -2.32. The van der Waals surface area contributed by atoms with Gasteiger partial charge in [-0.1, -0.05) is 0 Å². The van der Waals surface area contributed by atoms with Crippen molar-refractivity contribution in [3.63, 3.8) is 0 Å². The predicted molar refractivity (Wildman–Crippen MR) is 45.9 cm³/mol. The molecule has 0 amide bonds. The quantitative estimate of drug-likeness (QED) is 0.660. The molecule has 0 aromatic carbocycles. The molecule has 1 saturated carbocycles. The van der Waals surface area contributed by atoms with Crippen molar-refractivity contribution in [2.75, 3.05) is 13.1 Å². The number of nitrogens with zero attached hydrogens (tertiary/aromatic N) is 1. The molecule has 1 heterocycles. The summed E-state index contributed by atoms with van der Waals surface area (Å²) in [6.45, 7) is 0.318. The standard InChI is InChI=1S/C7H13FN2O2S/c8-6-5-10(13(9,11)12)4-3-7(6)1-2-7/h6H,1-5H2,(H2,9,11,12). The van der Waals surface area contributed by atoms with Crippen LogP contribution in [0.5, 0.6) is 0 Å². The second kappa shape index (κ2) is 2.65. The van der Waals surface area contributed by atoms with E-state index in [1.165, 1.54) is 0 Å². The van der Waals surface area contributed by atoms with Gasteiger partial charge in [-0.2, -0.15) is 12.7 Å². The van der Waals surface area contributed by atoms with Gasteiger partial charge in [0.05, 0.1) is 0 Å². The molecule has 0 aromatic heterocycles. The van der Waals surface area contributed by atoms with Gasteiger partial charge in [-0.05, 0) is 19.3 Å². The largest absolute Gasteiger partial charge is 0.276 e. The zero-order valence-electron chi connectivity index (χ0n) is 7.24. The molecule has 0 bridgehead atoms. The molecule has 2 fully saturated rings. The highest BCUT2D eigenvalue weighted by atomic mass is 32.2. The van der Waals surface area contributed by atoms with Crippen molar-refractivity contribution in [2.45, 2.75) is 25.4 Å². The fraction of sp³-hybridized carbons (Fsp3) is 1.00. The maximum atomic E-state index is 13.4. The van der Waals surface area contributed by atoms with Crippen LogP contribution in [0, 0.1) is 5.41 Å². The summed E-state index contributed by atoms with van der Waals surface area (Å²) >= 11 is 0. The van der Waals surface area contributed by atoms with Crippen LogP contribution in [0.1, 0.15) is 19.3 Å². The van der Waals surface area contributed by atoms with Gasteiger partial charge in [-0.3, -0.25) is 0 Å². The van der Waals surface area contributed by atoms with Crippen molar-refractivity contribution in [3.05, 3.63) is 0 Å². The number of hydrogen-bond donors (Lipinski definition) is 1. The molecule has 1 aliphatic heterocycles. The Morgan fingerprint density at radius 3 is 2.38 bits per heavy atom. The van der Waals surface area contributed by atoms with E-state index in [1.807, 2.05) is 0 Å². The van der Waals surface area contributed by atoms with Gasteiger partial charge in [0.1, 0.15) is 6.17 Å². The van der Waals surface area contributed by atoms with Crippen LogP contribution in [-0.4, -0.2) is 32.0 Å². The van der Waals surface area contributed by atoms with Crippen LogP contribution >= 0.6 is 0 Å². The molecule has 0 aromatic rings. The zero-order chi connectivity index (χ0) is 9.69. The summed E-state index contributed by atoms with van der Waals surface area (Å²) in [5, 5.41) is 4.91. The third-order valence-corrected chi connectivity index (χ3v) is 4.19. The van der Waals surface area contributed by atoms with E-state index in [1.54, 1.807) is 0 Å². The fourth-order valence-corrected chi connectivity index (χ4v) is 2.61. The first-order chi connectivity index (χ1) is 5.94. The number of piperidine rings is 1. The molecule has 6 heteroatoms. The molecule has 0 radical (unpaired) electrons. The summed E-state index contributed by atoms with van der Waals surface area (Å²) in [4.78, 5) is 0. The monoisotopic (exact) mass is 208 g/mol. The lowest BCUT2D eigenvalue weighted by molar-refractivity contribution is 0.116. The first kappa shape index (κ1) is 9.36. The average Bonchev–Trinajstić information content (AvgIpc) is 2.74. The fourth-order valence-electron chi connectivity index (χ4n) is 1.92. The molecule has 76 valence electrons. The Morgan fingerprint density at radius 2 is 2.00 bits per heavy atom. The van der Waals surface area contributed by atoms with Gasteiger partial charge in [-0.25, -0.2) is 9.53 Å². The van der Waals surface area contributed by atoms with Crippen LogP contribution in [0.4, 0.5) is 4.39 Å². The molecular formula is C7H13FN2O2S. The lowest BCUT2D eigenvalue weighted by atomic mass is 9.93. The van der Waals surface area contributed by atoms with Crippen LogP contribution in [-0.2, 0) is 10.2 Å². The van der Waals surface area contributed by atoms with Gasteiger partial charge < -0.3 is 0 Å². The van der Waals surface area contributed by atoms with E-state index in [0.29, 0.717) is 13.0 Å². The van der Waals surface area contributed by atoms with Gasteiger partial charge in [0.25, 0.3) is 10.2 Å². The third-order valence-electron chi connectivity index (χ3n) is 3.14. The molecule has 2 N–H and O–H groups in total. The van der Waals surface area contributed by atoms with E-state index in [2.05, 4.69) is 0 Å². The molecule has 1 aliphatic carbocycles. The molecule has 1 atom stereocenters. The van der Waals surface area contributed by atoms with Crippen LogP contribution in [0.3, 0.4) is 0 Å². The Balaban J connectivity index is 2.07.